The fraction of sp³-hybridized carbons (Fsp3) is 1.00. The van der Waals surface area contributed by atoms with Crippen molar-refractivity contribution in [2.24, 2.45) is 0 Å². The molecule has 0 aliphatic rings. The van der Waals surface area contributed by atoms with E-state index >= 15 is 0 Å². The summed E-state index contributed by atoms with van der Waals surface area (Å²) >= 11 is 0. The highest BCUT2D eigenvalue weighted by atomic mass is 28.3. The van der Waals surface area contributed by atoms with Crippen molar-refractivity contribution in [2.75, 3.05) is 0 Å². The van der Waals surface area contributed by atoms with Crippen molar-refractivity contribution in [3.63, 3.8) is 0 Å². The zero-order chi connectivity index (χ0) is 7.71. The summed E-state index contributed by atoms with van der Waals surface area (Å²) in [5, 5.41) is 0. The fourth-order valence-electron chi connectivity index (χ4n) is 1.12. The minimum Gasteiger partial charge on any atom is -0.333 e. The molecule has 0 heterocycles. The van der Waals surface area contributed by atoms with Gasteiger partial charge < -0.3 is 4.98 Å². The van der Waals surface area contributed by atoms with E-state index in [2.05, 4.69) is 45.4 Å². The van der Waals surface area contributed by atoms with Gasteiger partial charge in [-0.3, -0.25) is 0 Å². The predicted octanol–water partition coefficient (Wildman–Crippen LogP) is 1.03. The highest BCUT2D eigenvalue weighted by molar-refractivity contribution is 6.73. The van der Waals surface area contributed by atoms with Crippen LogP contribution >= 0.6 is 0 Å². The van der Waals surface area contributed by atoms with Crippen molar-refractivity contribution in [1.29, 1.82) is 0 Å². The number of nitrogens with one attached hydrogen (secondary N) is 1. The molecule has 0 radical (unpaired) electrons. The molecule has 0 aromatic rings. The molecule has 0 aromatic heterocycles. The summed E-state index contributed by atoms with van der Waals surface area (Å²) in [5.41, 5.74) is 0.296. The van der Waals surface area contributed by atoms with Gasteiger partial charge in [0.1, 0.15) is 8.24 Å². The lowest BCUT2D eigenvalue weighted by Crippen LogP contribution is -2.52. The van der Waals surface area contributed by atoms with E-state index in [4.69, 9.17) is 0 Å². The summed E-state index contributed by atoms with van der Waals surface area (Å²) in [5.74, 6) is 0. The van der Waals surface area contributed by atoms with Crippen LogP contribution in [0.5, 0.6) is 0 Å². The Morgan fingerprint density at radius 2 is 1.30 bits per heavy atom. The van der Waals surface area contributed by atoms with Crippen LogP contribution in [-0.2, 0) is 0 Å². The minimum atomic E-state index is -1.04. The summed E-state index contributed by atoms with van der Waals surface area (Å²) in [7, 11) is -1.04. The van der Waals surface area contributed by atoms with Crippen LogP contribution in [0.15, 0.2) is 0 Å². The van der Waals surface area contributed by atoms with E-state index in [0.717, 1.165) is 0 Å². The summed E-state index contributed by atoms with van der Waals surface area (Å²) in [4.78, 5) is 3.60. The van der Waals surface area contributed by atoms with E-state index in [-0.39, 0.29) is 8.41 Å². The van der Waals surface area contributed by atoms with Crippen molar-refractivity contribution in [2.45, 2.75) is 46.0 Å². The van der Waals surface area contributed by atoms with Gasteiger partial charge >= 0.3 is 0 Å². The Morgan fingerprint density at radius 1 is 1.00 bits per heavy atom. The summed E-state index contributed by atoms with van der Waals surface area (Å²) in [6.45, 7) is 13.6. The first kappa shape index (κ1) is 12.9. The molecule has 0 fully saturated rings. The van der Waals surface area contributed by atoms with E-state index in [0.29, 0.717) is 5.54 Å². The standard InChI is InChI=1S/C7H19NSi.BH3/c1-7(2,3)8-9(4,5)6;/h8H,1-6H3;1H3. The average molecular weight is 159 g/mol. The lowest BCUT2D eigenvalue weighted by atomic mass is 10.1. The molecule has 0 aromatic carbocycles. The zero-order valence-electron chi connectivity index (χ0n) is 7.50. The Kier molecular flexibility index (Phi) is 4.61. The SMILES string of the molecule is B.CC(C)(C)N[Si](C)(C)C. The number of hydrogen-bond donors (Lipinski definition) is 1. The molecular formula is C7H22BNSi. The third kappa shape index (κ3) is 11.1. The van der Waals surface area contributed by atoms with Crippen molar-refractivity contribution in [3.8, 4) is 0 Å². The molecule has 0 saturated heterocycles. The van der Waals surface area contributed by atoms with Crippen molar-refractivity contribution in [1.82, 2.24) is 4.98 Å². The quantitative estimate of drug-likeness (QED) is 0.563. The predicted molar refractivity (Wildman–Crippen MR) is 56.2 cm³/mol. The van der Waals surface area contributed by atoms with Gasteiger partial charge in [0.2, 0.25) is 0 Å². The summed E-state index contributed by atoms with van der Waals surface area (Å²) in [6.07, 6.45) is 0. The Hall–Kier alpha value is 0.242. The topological polar surface area (TPSA) is 12.0 Å². The van der Waals surface area contributed by atoms with E-state index in [9.17, 15) is 0 Å². The second kappa shape index (κ2) is 3.58. The third-order valence-electron chi connectivity index (χ3n) is 0.750. The van der Waals surface area contributed by atoms with Gasteiger partial charge in [0.05, 0.1) is 8.41 Å². The van der Waals surface area contributed by atoms with Crippen molar-refractivity contribution in [3.05, 3.63) is 0 Å². The Balaban J connectivity index is 0. The van der Waals surface area contributed by atoms with Crippen LogP contribution in [0, 0.1) is 0 Å². The summed E-state index contributed by atoms with van der Waals surface area (Å²) < 4.78 is 0. The van der Waals surface area contributed by atoms with Gasteiger partial charge in [0.25, 0.3) is 0 Å². The maximum absolute atomic E-state index is 3.60. The average Bonchev–Trinajstić information content (AvgIpc) is 1.14. The summed E-state index contributed by atoms with van der Waals surface area (Å²) in [6, 6.07) is 0. The number of hydrogen-bond acceptors (Lipinski definition) is 1. The molecule has 3 heteroatoms. The lowest BCUT2D eigenvalue weighted by molar-refractivity contribution is 0.513. The molecule has 0 unspecified atom stereocenters. The first-order chi connectivity index (χ1) is 3.71. The van der Waals surface area contributed by atoms with Gasteiger partial charge in [-0.15, -0.1) is 0 Å². The van der Waals surface area contributed by atoms with Gasteiger partial charge in [0.15, 0.2) is 0 Å². The highest BCUT2D eigenvalue weighted by Crippen LogP contribution is 2.05. The molecule has 0 aliphatic carbocycles. The number of rotatable bonds is 1. The molecule has 0 amide bonds. The van der Waals surface area contributed by atoms with E-state index in [1.54, 1.807) is 0 Å². The van der Waals surface area contributed by atoms with Crippen LogP contribution in [0.2, 0.25) is 19.6 Å². The first-order valence-corrected chi connectivity index (χ1v) is 7.00. The van der Waals surface area contributed by atoms with Gasteiger partial charge in [-0.2, -0.15) is 0 Å². The maximum atomic E-state index is 3.60. The highest BCUT2D eigenvalue weighted by Gasteiger charge is 2.20. The molecule has 10 heavy (non-hydrogen) atoms. The zero-order valence-corrected chi connectivity index (χ0v) is 8.50. The van der Waals surface area contributed by atoms with E-state index in [1.807, 2.05) is 0 Å². The van der Waals surface area contributed by atoms with Crippen molar-refractivity contribution < 1.29 is 0 Å². The first-order valence-electron chi connectivity index (χ1n) is 3.50. The van der Waals surface area contributed by atoms with Crippen LogP contribution in [0.25, 0.3) is 0 Å². The molecule has 0 atom stereocenters. The monoisotopic (exact) mass is 159 g/mol. The maximum Gasteiger partial charge on any atom is 0.116 e. The van der Waals surface area contributed by atoms with Crippen molar-refractivity contribution >= 4 is 16.6 Å². The Morgan fingerprint density at radius 3 is 1.30 bits per heavy atom. The minimum absolute atomic E-state index is 0. The van der Waals surface area contributed by atoms with Crippen LogP contribution in [0.4, 0.5) is 0 Å². The second-order valence-corrected chi connectivity index (χ2v) is 9.38. The normalized spacial score (nSPS) is 12.6. The molecule has 62 valence electrons. The van der Waals surface area contributed by atoms with Gasteiger partial charge in [-0.25, -0.2) is 0 Å². The van der Waals surface area contributed by atoms with Crippen LogP contribution in [0.3, 0.4) is 0 Å². The molecule has 0 aliphatic heterocycles. The second-order valence-electron chi connectivity index (χ2n) is 4.62. The van der Waals surface area contributed by atoms with Gasteiger partial charge in [-0.1, -0.05) is 19.6 Å². The van der Waals surface area contributed by atoms with Gasteiger partial charge in [0, 0.05) is 5.54 Å². The third-order valence-corrected chi connectivity index (χ3v) is 2.25. The van der Waals surface area contributed by atoms with E-state index in [1.165, 1.54) is 0 Å². The van der Waals surface area contributed by atoms with E-state index < -0.39 is 8.24 Å². The molecule has 1 N–H and O–H groups in total. The lowest BCUT2D eigenvalue weighted by Gasteiger charge is -2.30. The molecular weight excluding hydrogens is 137 g/mol. The molecule has 0 rings (SSSR count). The molecule has 0 bridgehead atoms. The smallest absolute Gasteiger partial charge is 0.116 e. The van der Waals surface area contributed by atoms with Gasteiger partial charge in [-0.05, 0) is 20.8 Å². The Labute approximate surface area is 68.3 Å². The fourth-order valence-corrected chi connectivity index (χ4v) is 3.38. The van der Waals surface area contributed by atoms with Crippen LogP contribution < -0.4 is 4.98 Å². The molecule has 0 spiro atoms. The molecule has 0 saturated carbocycles. The largest absolute Gasteiger partial charge is 0.333 e. The van der Waals surface area contributed by atoms with Crippen LogP contribution in [0.1, 0.15) is 20.8 Å². The Bertz CT molecular complexity index is 78.8. The van der Waals surface area contributed by atoms with Crippen LogP contribution in [-0.4, -0.2) is 22.2 Å². The molecule has 1 nitrogen and oxygen atoms in total.